The number of rotatable bonds is 0. The van der Waals surface area contributed by atoms with Crippen molar-refractivity contribution >= 4 is 24.8 Å². The summed E-state index contributed by atoms with van der Waals surface area (Å²) in [5, 5.41) is 16.9. The van der Waals surface area contributed by atoms with Crippen LogP contribution in [0.3, 0.4) is 0 Å². The zero-order valence-electron chi connectivity index (χ0n) is 6.02. The predicted molar refractivity (Wildman–Crippen MR) is 50.4 cm³/mol. The number of nitrogens with zero attached hydrogens (tertiary/aromatic N) is 2. The molecule has 0 saturated heterocycles. The van der Waals surface area contributed by atoms with Crippen molar-refractivity contribution in [3.63, 3.8) is 0 Å². The Kier molecular flexibility index (Phi) is 7.23. The molecule has 0 saturated carbocycles. The molecule has 0 aliphatic rings. The molecular formula is C8H6Cl2N2. The van der Waals surface area contributed by atoms with E-state index in [1.165, 1.54) is 0 Å². The minimum Gasteiger partial charge on any atom is -0.192 e. The van der Waals surface area contributed by atoms with Crippen LogP contribution in [0, 0.1) is 22.7 Å². The van der Waals surface area contributed by atoms with Crippen molar-refractivity contribution in [1.82, 2.24) is 0 Å². The van der Waals surface area contributed by atoms with E-state index in [0.717, 1.165) is 0 Å². The molecule has 0 N–H and O–H groups in total. The first-order valence-electron chi connectivity index (χ1n) is 2.77. The molecule has 1 aromatic carbocycles. The molecule has 0 spiro atoms. The zero-order valence-corrected chi connectivity index (χ0v) is 7.65. The van der Waals surface area contributed by atoms with Crippen LogP contribution >= 0.6 is 24.8 Å². The normalized spacial score (nSPS) is 6.50. The summed E-state index contributed by atoms with van der Waals surface area (Å²) in [5.41, 5.74) is 0.870. The molecule has 0 unspecified atom stereocenters. The van der Waals surface area contributed by atoms with Gasteiger partial charge in [0.15, 0.2) is 0 Å². The maximum Gasteiger partial charge on any atom is 0.101 e. The minimum atomic E-state index is 0. The third-order valence-electron chi connectivity index (χ3n) is 1.17. The topological polar surface area (TPSA) is 47.6 Å². The lowest BCUT2D eigenvalue weighted by molar-refractivity contribution is 1.43. The Balaban J connectivity index is 0. The van der Waals surface area contributed by atoms with Crippen LogP contribution in [0.2, 0.25) is 0 Å². The number of benzene rings is 1. The van der Waals surface area contributed by atoms with Crippen molar-refractivity contribution in [2.45, 2.75) is 0 Å². The Hall–Kier alpha value is -1.22. The maximum absolute atomic E-state index is 8.45. The summed E-state index contributed by atoms with van der Waals surface area (Å²) in [5.74, 6) is 0. The van der Waals surface area contributed by atoms with Crippen LogP contribution < -0.4 is 0 Å². The van der Waals surface area contributed by atoms with E-state index in [0.29, 0.717) is 11.1 Å². The highest BCUT2D eigenvalue weighted by molar-refractivity contribution is 5.85. The molecule has 0 amide bonds. The van der Waals surface area contributed by atoms with E-state index in [1.54, 1.807) is 24.3 Å². The smallest absolute Gasteiger partial charge is 0.101 e. The van der Waals surface area contributed by atoms with Gasteiger partial charge in [0.25, 0.3) is 0 Å². The van der Waals surface area contributed by atoms with Crippen LogP contribution in [-0.4, -0.2) is 0 Å². The molecule has 2 nitrogen and oxygen atoms in total. The average molecular weight is 201 g/mol. The molecule has 0 heterocycles. The van der Waals surface area contributed by atoms with Crippen molar-refractivity contribution in [2.75, 3.05) is 0 Å². The molecule has 0 bridgehead atoms. The fourth-order valence-electron chi connectivity index (χ4n) is 0.678. The Labute approximate surface area is 83.3 Å². The van der Waals surface area contributed by atoms with Crippen LogP contribution in [0.5, 0.6) is 0 Å². The second kappa shape index (κ2) is 6.49. The van der Waals surface area contributed by atoms with E-state index >= 15 is 0 Å². The van der Waals surface area contributed by atoms with E-state index in [1.807, 2.05) is 12.1 Å². The molecular weight excluding hydrogens is 195 g/mol. The Morgan fingerprint density at radius 2 is 1.17 bits per heavy atom. The summed E-state index contributed by atoms with van der Waals surface area (Å²) < 4.78 is 0. The summed E-state index contributed by atoms with van der Waals surface area (Å²) in [7, 11) is 0. The molecule has 12 heavy (non-hydrogen) atoms. The SMILES string of the molecule is Cl.Cl.N#Cc1ccccc1C#N. The van der Waals surface area contributed by atoms with E-state index < -0.39 is 0 Å². The molecule has 0 aliphatic carbocycles. The molecule has 0 fully saturated rings. The Morgan fingerprint density at radius 3 is 1.42 bits per heavy atom. The number of hydrogen-bond donors (Lipinski definition) is 0. The van der Waals surface area contributed by atoms with Gasteiger partial charge in [-0.3, -0.25) is 0 Å². The van der Waals surface area contributed by atoms with Gasteiger partial charge in [0.1, 0.15) is 12.1 Å². The highest BCUT2D eigenvalue weighted by atomic mass is 35.5. The molecule has 4 heteroatoms. The number of hydrogen-bond acceptors (Lipinski definition) is 2. The summed E-state index contributed by atoms with van der Waals surface area (Å²) in [6, 6.07) is 10.6. The first-order chi connectivity index (χ1) is 4.88. The zero-order chi connectivity index (χ0) is 7.40. The van der Waals surface area contributed by atoms with Crippen LogP contribution in [0.15, 0.2) is 24.3 Å². The van der Waals surface area contributed by atoms with Gasteiger partial charge in [-0.1, -0.05) is 12.1 Å². The molecule has 0 aliphatic heterocycles. The number of nitriles is 2. The first kappa shape index (κ1) is 13.4. The third kappa shape index (κ3) is 2.80. The second-order valence-electron chi connectivity index (χ2n) is 1.77. The van der Waals surface area contributed by atoms with Crippen molar-refractivity contribution in [2.24, 2.45) is 0 Å². The molecule has 0 atom stereocenters. The van der Waals surface area contributed by atoms with Gasteiger partial charge < -0.3 is 0 Å². The monoisotopic (exact) mass is 200 g/mol. The molecule has 1 aromatic rings. The van der Waals surface area contributed by atoms with Crippen molar-refractivity contribution < 1.29 is 0 Å². The summed E-state index contributed by atoms with van der Waals surface area (Å²) in [6.45, 7) is 0. The Morgan fingerprint density at radius 1 is 0.833 bits per heavy atom. The highest BCUT2D eigenvalue weighted by Gasteiger charge is 1.95. The third-order valence-corrected chi connectivity index (χ3v) is 1.17. The van der Waals surface area contributed by atoms with Gasteiger partial charge in [-0.25, -0.2) is 0 Å². The van der Waals surface area contributed by atoms with Crippen molar-refractivity contribution in [1.29, 1.82) is 10.5 Å². The fraction of sp³-hybridized carbons (Fsp3) is 0. The van der Waals surface area contributed by atoms with Crippen LogP contribution in [0.4, 0.5) is 0 Å². The lowest BCUT2D eigenvalue weighted by atomic mass is 10.1. The van der Waals surface area contributed by atoms with Gasteiger partial charge in [0, 0.05) is 0 Å². The summed E-state index contributed by atoms with van der Waals surface area (Å²) >= 11 is 0. The quantitative estimate of drug-likeness (QED) is 0.646. The van der Waals surface area contributed by atoms with Gasteiger partial charge in [0.05, 0.1) is 11.1 Å². The van der Waals surface area contributed by atoms with E-state index in [-0.39, 0.29) is 24.8 Å². The van der Waals surface area contributed by atoms with Crippen LogP contribution in [0.25, 0.3) is 0 Å². The van der Waals surface area contributed by atoms with E-state index in [4.69, 9.17) is 10.5 Å². The van der Waals surface area contributed by atoms with Gasteiger partial charge in [0.2, 0.25) is 0 Å². The minimum absolute atomic E-state index is 0. The highest BCUT2D eigenvalue weighted by Crippen LogP contribution is 2.03. The van der Waals surface area contributed by atoms with Crippen LogP contribution in [0.1, 0.15) is 11.1 Å². The lowest BCUT2D eigenvalue weighted by Gasteiger charge is -1.88. The standard InChI is InChI=1S/C8H4N2.2ClH/c9-5-7-3-1-2-4-8(7)6-10;;/h1-4H;2*1H. The maximum atomic E-state index is 8.45. The largest absolute Gasteiger partial charge is 0.192 e. The van der Waals surface area contributed by atoms with E-state index in [2.05, 4.69) is 0 Å². The molecule has 0 radical (unpaired) electrons. The van der Waals surface area contributed by atoms with E-state index in [9.17, 15) is 0 Å². The molecule has 0 aromatic heterocycles. The van der Waals surface area contributed by atoms with Gasteiger partial charge in [-0.05, 0) is 12.1 Å². The first-order valence-corrected chi connectivity index (χ1v) is 2.77. The Bertz CT molecular complexity index is 290. The summed E-state index contributed by atoms with van der Waals surface area (Å²) in [6.07, 6.45) is 0. The van der Waals surface area contributed by atoms with Gasteiger partial charge in [-0.2, -0.15) is 10.5 Å². The number of halogens is 2. The summed E-state index contributed by atoms with van der Waals surface area (Å²) in [4.78, 5) is 0. The van der Waals surface area contributed by atoms with Crippen LogP contribution in [-0.2, 0) is 0 Å². The van der Waals surface area contributed by atoms with Gasteiger partial charge in [-0.15, -0.1) is 24.8 Å². The average Bonchev–Trinajstić information content (AvgIpc) is 2.04. The second-order valence-corrected chi connectivity index (χ2v) is 1.77. The van der Waals surface area contributed by atoms with Crippen molar-refractivity contribution in [3.8, 4) is 12.1 Å². The molecule has 1 rings (SSSR count). The van der Waals surface area contributed by atoms with Crippen molar-refractivity contribution in [3.05, 3.63) is 35.4 Å². The van der Waals surface area contributed by atoms with Gasteiger partial charge >= 0.3 is 0 Å². The fourth-order valence-corrected chi connectivity index (χ4v) is 0.678. The molecule has 62 valence electrons. The lowest BCUT2D eigenvalue weighted by Crippen LogP contribution is -1.79. The predicted octanol–water partition coefficient (Wildman–Crippen LogP) is 2.27.